The molecule has 1 N–H and O–H groups in total. The van der Waals surface area contributed by atoms with Crippen molar-refractivity contribution in [2.75, 3.05) is 13.2 Å². The van der Waals surface area contributed by atoms with Gasteiger partial charge in [0.1, 0.15) is 5.82 Å². The van der Waals surface area contributed by atoms with Crippen molar-refractivity contribution >= 4 is 0 Å². The van der Waals surface area contributed by atoms with E-state index >= 15 is 0 Å². The Kier molecular flexibility index (Phi) is 4.36. The van der Waals surface area contributed by atoms with Crippen LogP contribution in [-0.4, -0.2) is 19.3 Å². The van der Waals surface area contributed by atoms with Crippen molar-refractivity contribution in [2.24, 2.45) is 5.92 Å². The molecule has 0 aliphatic carbocycles. The third-order valence-electron chi connectivity index (χ3n) is 3.80. The summed E-state index contributed by atoms with van der Waals surface area (Å²) in [7, 11) is 0. The molecule has 0 spiro atoms. The molecule has 1 fully saturated rings. The number of hydrogen-bond donors (Lipinski definition) is 1. The Morgan fingerprint density at radius 1 is 1.39 bits per heavy atom. The van der Waals surface area contributed by atoms with Crippen LogP contribution < -0.4 is 5.32 Å². The van der Waals surface area contributed by atoms with Crippen LogP contribution in [0.15, 0.2) is 12.1 Å². The standard InChI is InChI=1S/C15H22FNO/c1-10-6-13(7-11(2)15(10)16)8-17-12(3)14-4-5-18-9-14/h6-7,12,14,17H,4-5,8-9H2,1-3H3. The molecule has 2 unspecified atom stereocenters. The molecule has 1 heterocycles. The highest BCUT2D eigenvalue weighted by Crippen LogP contribution is 2.18. The van der Waals surface area contributed by atoms with E-state index in [0.717, 1.165) is 42.9 Å². The van der Waals surface area contributed by atoms with Gasteiger partial charge in [0.25, 0.3) is 0 Å². The summed E-state index contributed by atoms with van der Waals surface area (Å²) in [5.41, 5.74) is 2.60. The van der Waals surface area contributed by atoms with Gasteiger partial charge in [0.05, 0.1) is 6.61 Å². The molecule has 18 heavy (non-hydrogen) atoms. The minimum atomic E-state index is -0.0870. The lowest BCUT2D eigenvalue weighted by molar-refractivity contribution is 0.178. The van der Waals surface area contributed by atoms with Crippen LogP contribution >= 0.6 is 0 Å². The van der Waals surface area contributed by atoms with Crippen molar-refractivity contribution in [1.82, 2.24) is 5.32 Å². The summed E-state index contributed by atoms with van der Waals surface area (Å²) >= 11 is 0. The summed E-state index contributed by atoms with van der Waals surface area (Å²) in [6, 6.07) is 4.29. The van der Waals surface area contributed by atoms with Gasteiger partial charge < -0.3 is 10.1 Å². The van der Waals surface area contributed by atoms with Gasteiger partial charge in [0.2, 0.25) is 0 Å². The highest BCUT2D eigenvalue weighted by Gasteiger charge is 2.21. The molecule has 1 aromatic rings. The Labute approximate surface area is 109 Å². The van der Waals surface area contributed by atoms with Gasteiger partial charge in [0, 0.05) is 19.2 Å². The van der Waals surface area contributed by atoms with Crippen LogP contribution in [0.3, 0.4) is 0 Å². The van der Waals surface area contributed by atoms with E-state index in [9.17, 15) is 4.39 Å². The molecule has 0 radical (unpaired) electrons. The lowest BCUT2D eigenvalue weighted by Gasteiger charge is -2.19. The zero-order chi connectivity index (χ0) is 13.1. The fourth-order valence-electron chi connectivity index (χ4n) is 2.53. The highest BCUT2D eigenvalue weighted by atomic mass is 19.1. The van der Waals surface area contributed by atoms with E-state index in [2.05, 4.69) is 12.2 Å². The van der Waals surface area contributed by atoms with E-state index in [1.807, 2.05) is 26.0 Å². The van der Waals surface area contributed by atoms with Crippen molar-refractivity contribution in [3.8, 4) is 0 Å². The molecule has 0 amide bonds. The maximum atomic E-state index is 13.5. The Hall–Kier alpha value is -0.930. The molecular weight excluding hydrogens is 229 g/mol. The molecule has 100 valence electrons. The van der Waals surface area contributed by atoms with Gasteiger partial charge in [-0.25, -0.2) is 4.39 Å². The Morgan fingerprint density at radius 2 is 2.06 bits per heavy atom. The summed E-state index contributed by atoms with van der Waals surface area (Å²) < 4.78 is 18.9. The summed E-state index contributed by atoms with van der Waals surface area (Å²) in [5.74, 6) is 0.517. The van der Waals surface area contributed by atoms with Crippen molar-refractivity contribution < 1.29 is 9.13 Å². The first-order chi connectivity index (χ1) is 8.58. The average molecular weight is 251 g/mol. The second-order valence-corrected chi connectivity index (χ2v) is 5.34. The van der Waals surface area contributed by atoms with Gasteiger partial charge in [-0.15, -0.1) is 0 Å². The van der Waals surface area contributed by atoms with Crippen LogP contribution in [0.4, 0.5) is 4.39 Å². The van der Waals surface area contributed by atoms with Gasteiger partial charge >= 0.3 is 0 Å². The number of benzene rings is 1. The number of halogens is 1. The smallest absolute Gasteiger partial charge is 0.129 e. The molecule has 0 bridgehead atoms. The second kappa shape index (κ2) is 5.81. The lowest BCUT2D eigenvalue weighted by atomic mass is 10.00. The van der Waals surface area contributed by atoms with Crippen LogP contribution in [-0.2, 0) is 11.3 Å². The second-order valence-electron chi connectivity index (χ2n) is 5.34. The minimum Gasteiger partial charge on any atom is -0.381 e. The number of hydrogen-bond acceptors (Lipinski definition) is 2. The molecule has 1 saturated heterocycles. The normalized spacial score (nSPS) is 21.2. The number of ether oxygens (including phenoxy) is 1. The Balaban J connectivity index is 1.93. The molecule has 2 atom stereocenters. The first-order valence-electron chi connectivity index (χ1n) is 6.64. The summed E-state index contributed by atoms with van der Waals surface area (Å²) in [6.07, 6.45) is 1.13. The molecule has 1 aromatic carbocycles. The average Bonchev–Trinajstić information content (AvgIpc) is 2.86. The van der Waals surface area contributed by atoms with Crippen LogP contribution in [0.5, 0.6) is 0 Å². The number of nitrogens with one attached hydrogen (secondary N) is 1. The summed E-state index contributed by atoms with van der Waals surface area (Å²) in [6.45, 7) is 8.36. The molecule has 3 heteroatoms. The van der Waals surface area contributed by atoms with E-state index in [4.69, 9.17) is 4.74 Å². The predicted molar refractivity (Wildman–Crippen MR) is 71.1 cm³/mol. The van der Waals surface area contributed by atoms with Crippen LogP contribution in [0.1, 0.15) is 30.0 Å². The third-order valence-corrected chi connectivity index (χ3v) is 3.80. The van der Waals surface area contributed by atoms with E-state index in [0.29, 0.717) is 12.0 Å². The number of aryl methyl sites for hydroxylation is 2. The molecule has 2 rings (SSSR count). The van der Waals surface area contributed by atoms with Gasteiger partial charge in [0.15, 0.2) is 0 Å². The monoisotopic (exact) mass is 251 g/mol. The topological polar surface area (TPSA) is 21.3 Å². The Bertz CT molecular complexity index is 390. The number of rotatable bonds is 4. The van der Waals surface area contributed by atoms with Crippen molar-refractivity contribution in [2.45, 2.75) is 39.8 Å². The van der Waals surface area contributed by atoms with Crippen molar-refractivity contribution in [3.05, 3.63) is 34.6 Å². The van der Waals surface area contributed by atoms with Gasteiger partial charge in [-0.1, -0.05) is 12.1 Å². The van der Waals surface area contributed by atoms with Crippen LogP contribution in [0, 0.1) is 25.6 Å². The maximum absolute atomic E-state index is 13.5. The fourth-order valence-corrected chi connectivity index (χ4v) is 2.53. The minimum absolute atomic E-state index is 0.0870. The largest absolute Gasteiger partial charge is 0.381 e. The van der Waals surface area contributed by atoms with E-state index in [-0.39, 0.29) is 5.82 Å². The van der Waals surface area contributed by atoms with Crippen molar-refractivity contribution in [1.29, 1.82) is 0 Å². The maximum Gasteiger partial charge on any atom is 0.129 e. The van der Waals surface area contributed by atoms with Crippen LogP contribution in [0.2, 0.25) is 0 Å². The molecule has 1 aliphatic heterocycles. The quantitative estimate of drug-likeness (QED) is 0.888. The SMILES string of the molecule is Cc1cc(CNC(C)C2CCOC2)cc(C)c1F. The summed E-state index contributed by atoms with van der Waals surface area (Å²) in [4.78, 5) is 0. The zero-order valence-corrected chi connectivity index (χ0v) is 11.4. The lowest BCUT2D eigenvalue weighted by Crippen LogP contribution is -2.33. The van der Waals surface area contributed by atoms with Gasteiger partial charge in [-0.05, 0) is 49.8 Å². The highest BCUT2D eigenvalue weighted by molar-refractivity contribution is 5.30. The fraction of sp³-hybridized carbons (Fsp3) is 0.600. The van der Waals surface area contributed by atoms with E-state index in [1.165, 1.54) is 0 Å². The van der Waals surface area contributed by atoms with Crippen LogP contribution in [0.25, 0.3) is 0 Å². The molecule has 2 nitrogen and oxygen atoms in total. The Morgan fingerprint density at radius 3 is 2.61 bits per heavy atom. The molecule has 0 aromatic heterocycles. The third kappa shape index (κ3) is 3.09. The van der Waals surface area contributed by atoms with Crippen molar-refractivity contribution in [3.63, 3.8) is 0 Å². The predicted octanol–water partition coefficient (Wildman–Crippen LogP) is 2.96. The first-order valence-corrected chi connectivity index (χ1v) is 6.64. The van der Waals surface area contributed by atoms with E-state index in [1.54, 1.807) is 0 Å². The van der Waals surface area contributed by atoms with Gasteiger partial charge in [-0.2, -0.15) is 0 Å². The summed E-state index contributed by atoms with van der Waals surface area (Å²) in [5, 5.41) is 3.51. The zero-order valence-electron chi connectivity index (χ0n) is 11.4. The van der Waals surface area contributed by atoms with Gasteiger partial charge in [-0.3, -0.25) is 0 Å². The first kappa shape index (κ1) is 13.5. The molecule has 1 aliphatic rings. The molecule has 0 saturated carbocycles. The molecular formula is C15H22FNO. The van der Waals surface area contributed by atoms with E-state index < -0.39 is 0 Å².